The highest BCUT2D eigenvalue weighted by Gasteiger charge is 2.07. The minimum Gasteiger partial charge on any atom is -0.374 e. The lowest BCUT2D eigenvalue weighted by molar-refractivity contribution is 0.0455. The van der Waals surface area contributed by atoms with Gasteiger partial charge in [-0.25, -0.2) is 0 Å². The maximum Gasteiger partial charge on any atom is 0.0728 e. The van der Waals surface area contributed by atoms with Crippen molar-refractivity contribution in [3.8, 4) is 0 Å². The van der Waals surface area contributed by atoms with Crippen molar-refractivity contribution in [2.75, 3.05) is 0 Å². The second-order valence-electron chi connectivity index (χ2n) is 6.02. The zero-order chi connectivity index (χ0) is 15.5. The molecule has 0 saturated carbocycles. The topological polar surface area (TPSA) is 9.23 Å². The third kappa shape index (κ3) is 6.95. The molecule has 0 aromatic heterocycles. The Morgan fingerprint density at radius 3 is 2.57 bits per heavy atom. The first-order chi connectivity index (χ1) is 10.2. The highest BCUT2D eigenvalue weighted by Crippen LogP contribution is 2.18. The summed E-state index contributed by atoms with van der Waals surface area (Å²) in [6.45, 7) is 11.2. The Kier molecular flexibility index (Phi) is 9.09. The molecule has 1 aromatic carbocycles. The molecular weight excluding hydrogens is 256 g/mol. The lowest BCUT2D eigenvalue weighted by atomic mass is 10.0. The Labute approximate surface area is 131 Å². The Morgan fingerprint density at radius 2 is 1.86 bits per heavy atom. The van der Waals surface area contributed by atoms with Crippen LogP contribution in [0.25, 0.3) is 6.08 Å². The summed E-state index contributed by atoms with van der Waals surface area (Å²) >= 11 is 0. The summed E-state index contributed by atoms with van der Waals surface area (Å²) in [5, 5.41) is 0. The lowest BCUT2D eigenvalue weighted by Crippen LogP contribution is -2.09. The number of hydrogen-bond donors (Lipinski definition) is 0. The molecule has 0 saturated heterocycles. The molecule has 0 aliphatic rings. The molecule has 0 N–H and O–H groups in total. The molecule has 0 amide bonds. The summed E-state index contributed by atoms with van der Waals surface area (Å²) in [7, 11) is 0. The van der Waals surface area contributed by atoms with E-state index in [1.807, 2.05) is 6.08 Å². The van der Waals surface area contributed by atoms with E-state index in [9.17, 15) is 0 Å². The number of benzene rings is 1. The van der Waals surface area contributed by atoms with E-state index in [4.69, 9.17) is 4.74 Å². The van der Waals surface area contributed by atoms with Crippen LogP contribution in [0.4, 0.5) is 0 Å². The summed E-state index contributed by atoms with van der Waals surface area (Å²) in [6, 6.07) is 6.33. The number of unbranched alkanes of at least 4 members (excludes halogenated alkanes) is 5. The predicted octanol–water partition coefficient (Wildman–Crippen LogP) is 6.29. The Hall–Kier alpha value is -1.08. The predicted molar refractivity (Wildman–Crippen MR) is 93.5 cm³/mol. The van der Waals surface area contributed by atoms with Crippen molar-refractivity contribution in [1.29, 1.82) is 0 Å². The van der Waals surface area contributed by atoms with Crippen LogP contribution in [-0.4, -0.2) is 6.10 Å². The summed E-state index contributed by atoms with van der Waals surface area (Å²) in [5.74, 6) is 0. The molecule has 1 nitrogen and oxygen atoms in total. The van der Waals surface area contributed by atoms with Gasteiger partial charge in [-0.15, -0.1) is 0 Å². The molecule has 1 heteroatoms. The number of ether oxygens (including phenoxy) is 1. The van der Waals surface area contributed by atoms with E-state index < -0.39 is 0 Å². The molecule has 1 unspecified atom stereocenters. The number of hydrogen-bond acceptors (Lipinski definition) is 1. The van der Waals surface area contributed by atoms with Crippen LogP contribution < -0.4 is 0 Å². The molecule has 0 heterocycles. The van der Waals surface area contributed by atoms with Crippen LogP contribution in [0.3, 0.4) is 0 Å². The zero-order valence-electron chi connectivity index (χ0n) is 14.2. The molecule has 0 radical (unpaired) electrons. The molecule has 118 valence electrons. The van der Waals surface area contributed by atoms with E-state index in [-0.39, 0.29) is 0 Å². The van der Waals surface area contributed by atoms with E-state index in [1.165, 1.54) is 61.6 Å². The van der Waals surface area contributed by atoms with Crippen LogP contribution in [0.2, 0.25) is 0 Å². The van der Waals surface area contributed by atoms with Crippen molar-refractivity contribution >= 4 is 6.08 Å². The molecule has 0 fully saturated rings. The molecule has 0 aliphatic carbocycles. The van der Waals surface area contributed by atoms with Crippen molar-refractivity contribution in [3.05, 3.63) is 41.5 Å². The Balaban J connectivity index is 2.27. The molecular formula is C20H32O. The summed E-state index contributed by atoms with van der Waals surface area (Å²) in [5.41, 5.74) is 3.77. The second kappa shape index (κ2) is 10.6. The van der Waals surface area contributed by atoms with Gasteiger partial charge in [-0.1, -0.05) is 76.3 Å². The average molecular weight is 288 g/mol. The smallest absolute Gasteiger partial charge is 0.0728 e. The standard InChI is InChI=1S/C20H32O/c1-5-7-8-9-10-11-14-18(4)21-16-20-17(3)13-12-15-19(20)6-2/h6,12-13,15,18H,2,5,7-11,14,16H2,1,3-4H3. The number of rotatable bonds is 11. The van der Waals surface area contributed by atoms with Gasteiger partial charge in [0, 0.05) is 0 Å². The Bertz CT molecular complexity index is 408. The fraction of sp³-hybridized carbons (Fsp3) is 0.600. The van der Waals surface area contributed by atoms with E-state index >= 15 is 0 Å². The SMILES string of the molecule is C=Cc1cccc(C)c1COC(C)CCCCCCCC. The fourth-order valence-electron chi connectivity index (χ4n) is 2.63. The normalized spacial score (nSPS) is 12.3. The van der Waals surface area contributed by atoms with Crippen LogP contribution in [-0.2, 0) is 11.3 Å². The van der Waals surface area contributed by atoms with Crippen LogP contribution in [0.5, 0.6) is 0 Å². The highest BCUT2D eigenvalue weighted by atomic mass is 16.5. The van der Waals surface area contributed by atoms with Gasteiger partial charge in [-0.2, -0.15) is 0 Å². The molecule has 21 heavy (non-hydrogen) atoms. The third-order valence-corrected chi connectivity index (χ3v) is 4.14. The number of aryl methyl sites for hydroxylation is 1. The lowest BCUT2D eigenvalue weighted by Gasteiger charge is -2.16. The van der Waals surface area contributed by atoms with Crippen molar-refractivity contribution in [1.82, 2.24) is 0 Å². The summed E-state index contributed by atoms with van der Waals surface area (Å²) in [4.78, 5) is 0. The first kappa shape index (κ1) is 18.0. The van der Waals surface area contributed by atoms with Gasteiger partial charge in [0.1, 0.15) is 0 Å². The van der Waals surface area contributed by atoms with Gasteiger partial charge in [0.15, 0.2) is 0 Å². The Morgan fingerprint density at radius 1 is 1.14 bits per heavy atom. The average Bonchev–Trinajstić information content (AvgIpc) is 2.49. The third-order valence-electron chi connectivity index (χ3n) is 4.14. The molecule has 0 aliphatic heterocycles. The molecule has 1 aromatic rings. The van der Waals surface area contributed by atoms with Crippen molar-refractivity contribution in [3.63, 3.8) is 0 Å². The quantitative estimate of drug-likeness (QED) is 0.434. The molecule has 1 atom stereocenters. The van der Waals surface area contributed by atoms with Crippen LogP contribution in [0.15, 0.2) is 24.8 Å². The van der Waals surface area contributed by atoms with E-state index in [0.29, 0.717) is 12.7 Å². The van der Waals surface area contributed by atoms with E-state index in [1.54, 1.807) is 0 Å². The second-order valence-corrected chi connectivity index (χ2v) is 6.02. The monoisotopic (exact) mass is 288 g/mol. The van der Waals surface area contributed by atoms with Crippen molar-refractivity contribution in [2.24, 2.45) is 0 Å². The van der Waals surface area contributed by atoms with Gasteiger partial charge in [0.05, 0.1) is 12.7 Å². The molecule has 1 rings (SSSR count). The first-order valence-electron chi connectivity index (χ1n) is 8.51. The van der Waals surface area contributed by atoms with Crippen molar-refractivity contribution < 1.29 is 4.74 Å². The highest BCUT2D eigenvalue weighted by molar-refractivity contribution is 5.53. The largest absolute Gasteiger partial charge is 0.374 e. The maximum absolute atomic E-state index is 6.03. The van der Waals surface area contributed by atoms with Crippen LogP contribution in [0, 0.1) is 6.92 Å². The van der Waals surface area contributed by atoms with E-state index in [2.05, 4.69) is 45.5 Å². The minimum atomic E-state index is 0.341. The van der Waals surface area contributed by atoms with Gasteiger partial charge in [-0.05, 0) is 37.0 Å². The van der Waals surface area contributed by atoms with E-state index in [0.717, 1.165) is 0 Å². The van der Waals surface area contributed by atoms with Gasteiger partial charge in [0.25, 0.3) is 0 Å². The molecule has 0 bridgehead atoms. The minimum absolute atomic E-state index is 0.341. The summed E-state index contributed by atoms with van der Waals surface area (Å²) < 4.78 is 6.03. The zero-order valence-corrected chi connectivity index (χ0v) is 14.2. The summed E-state index contributed by atoms with van der Waals surface area (Å²) in [6.07, 6.45) is 11.5. The molecule has 0 spiro atoms. The van der Waals surface area contributed by atoms with Crippen molar-refractivity contribution in [2.45, 2.75) is 78.4 Å². The first-order valence-corrected chi connectivity index (χ1v) is 8.51. The maximum atomic E-state index is 6.03. The van der Waals surface area contributed by atoms with Gasteiger partial charge < -0.3 is 4.74 Å². The van der Waals surface area contributed by atoms with Crippen LogP contribution >= 0.6 is 0 Å². The van der Waals surface area contributed by atoms with Gasteiger partial charge >= 0.3 is 0 Å². The van der Waals surface area contributed by atoms with Gasteiger partial charge in [-0.3, -0.25) is 0 Å². The van der Waals surface area contributed by atoms with Gasteiger partial charge in [0.2, 0.25) is 0 Å². The van der Waals surface area contributed by atoms with Crippen LogP contribution in [0.1, 0.15) is 75.5 Å². The fourth-order valence-corrected chi connectivity index (χ4v) is 2.63.